The standard InChI is InChI=1S/C56H82N10O7/c1-6-65-49-14-13-39-26-43(49)45(52(65)44-27-40(30-58-50(44)36(2)70-5)62-21-20-61-22-24-71-34-41(61)32-62)29-56(3,4)35-73-55(69)47-12-9-18-66(60-47)54(68)48(28-42-33-63(39)23-25-72-42)59-53(67)51(37-10-7-8-11-37)64-19-16-46-38(31-64)15-17-57-46/h13-14,26-27,30,36-38,41-42,46-48,51,57,60H,6-12,15-25,28-29,31-35H2,1-5H3,(H,59,67)/t36-,38?,41-,42-,46?,47-,48-,51-/m0/s1. The summed E-state index contributed by atoms with van der Waals surface area (Å²) in [4.78, 5) is 59.3. The van der Waals surface area contributed by atoms with Crippen molar-refractivity contribution in [3.8, 4) is 11.3 Å². The summed E-state index contributed by atoms with van der Waals surface area (Å²) in [6.07, 6.45) is 9.99. The number of carbonyl (C=O) groups excluding carboxylic acids is 3. The van der Waals surface area contributed by atoms with Crippen molar-refractivity contribution in [1.82, 2.24) is 40.4 Å². The SMILES string of the molecule is CCn1c(-c2cc(N3CCN4CCOC[C@@H]4C3)cnc2[C@H](C)OC)c2c3cc(ccc31)N1CCO[C@@H](C[C@H](NC(=O)[C@H](C3CCCC3)N3CCC4NCCC4C3)C(=O)N3CCC[C@H](N3)C(=O)OCC(C)(C)C2)C1. The van der Waals surface area contributed by atoms with Crippen molar-refractivity contribution in [2.75, 3.05) is 109 Å². The van der Waals surface area contributed by atoms with Gasteiger partial charge in [-0.2, -0.15) is 0 Å². The number of hydrazine groups is 1. The normalized spacial score (nSPS) is 29.6. The lowest BCUT2D eigenvalue weighted by Crippen LogP contribution is -2.63. The van der Waals surface area contributed by atoms with Gasteiger partial charge in [-0.3, -0.25) is 34.2 Å². The van der Waals surface area contributed by atoms with Crippen molar-refractivity contribution in [2.24, 2.45) is 17.3 Å². The van der Waals surface area contributed by atoms with Gasteiger partial charge in [0.1, 0.15) is 12.1 Å². The Hall–Kier alpha value is -4.36. The topological polar surface area (TPSA) is 158 Å². The van der Waals surface area contributed by atoms with Crippen molar-refractivity contribution >= 4 is 40.1 Å². The summed E-state index contributed by atoms with van der Waals surface area (Å²) in [6.45, 7) is 19.8. The fourth-order valence-electron chi connectivity index (χ4n) is 14.0. The molecule has 3 aromatic rings. The van der Waals surface area contributed by atoms with E-state index in [1.54, 1.807) is 12.1 Å². The average Bonchev–Trinajstić information content (AvgIpc) is 4.19. The Morgan fingerprint density at radius 1 is 0.945 bits per heavy atom. The monoisotopic (exact) mass is 1010 g/mol. The molecule has 1 aliphatic carbocycles. The number of ether oxygens (including phenoxy) is 4. The van der Waals surface area contributed by atoms with E-state index in [1.807, 2.05) is 6.20 Å². The van der Waals surface area contributed by atoms with Crippen LogP contribution in [0, 0.1) is 17.3 Å². The van der Waals surface area contributed by atoms with E-state index in [1.165, 1.54) is 5.56 Å². The minimum Gasteiger partial charge on any atom is -0.464 e. The van der Waals surface area contributed by atoms with E-state index in [-0.39, 0.29) is 48.6 Å². The first kappa shape index (κ1) is 50.8. The van der Waals surface area contributed by atoms with Crippen LogP contribution < -0.4 is 25.9 Å². The van der Waals surface area contributed by atoms with Crippen LogP contribution in [0.3, 0.4) is 0 Å². The summed E-state index contributed by atoms with van der Waals surface area (Å²) in [5, 5.41) is 9.80. The molecular formula is C56H82N10O7. The predicted molar refractivity (Wildman–Crippen MR) is 281 cm³/mol. The lowest BCUT2D eigenvalue weighted by Gasteiger charge is -2.44. The lowest BCUT2D eigenvalue weighted by molar-refractivity contribution is -0.156. The van der Waals surface area contributed by atoms with Gasteiger partial charge in [-0.15, -0.1) is 0 Å². The third-order valence-electron chi connectivity index (χ3n) is 18.0. The number of aromatic nitrogens is 2. The summed E-state index contributed by atoms with van der Waals surface area (Å²) in [6, 6.07) is 8.18. The molecular weight excluding hydrogens is 925 g/mol. The number of aryl methyl sites for hydroxylation is 1. The maximum atomic E-state index is 15.0. The molecule has 3 N–H and O–H groups in total. The zero-order valence-electron chi connectivity index (χ0n) is 44.2. The molecule has 1 saturated carbocycles. The molecule has 8 atom stereocenters. The zero-order valence-corrected chi connectivity index (χ0v) is 44.2. The van der Waals surface area contributed by atoms with Crippen LogP contribution in [0.25, 0.3) is 22.2 Å². The highest BCUT2D eigenvalue weighted by atomic mass is 16.5. The molecule has 9 heterocycles. The van der Waals surface area contributed by atoms with Gasteiger partial charge in [0, 0.05) is 113 Å². The van der Waals surface area contributed by atoms with Crippen molar-refractivity contribution < 1.29 is 33.3 Å². The molecule has 8 aliphatic rings. The first-order chi connectivity index (χ1) is 35.4. The molecule has 2 unspecified atom stereocenters. The number of hydrogen-bond donors (Lipinski definition) is 3. The Kier molecular flexibility index (Phi) is 15.1. The number of piperidine rings is 1. The Labute approximate surface area is 432 Å². The van der Waals surface area contributed by atoms with E-state index >= 15 is 4.79 Å². The number of cyclic esters (lactones) is 1. The number of benzene rings is 1. The summed E-state index contributed by atoms with van der Waals surface area (Å²) < 4.78 is 27.3. The van der Waals surface area contributed by atoms with Crippen LogP contribution in [-0.4, -0.2) is 177 Å². The van der Waals surface area contributed by atoms with E-state index in [0.29, 0.717) is 69.9 Å². The molecule has 6 saturated heterocycles. The number of pyridine rings is 1. The summed E-state index contributed by atoms with van der Waals surface area (Å²) in [7, 11) is 1.75. The number of likely N-dealkylation sites (tertiary alicyclic amines) is 1. The molecule has 398 valence electrons. The molecule has 11 rings (SSSR count). The molecule has 2 amide bonds. The smallest absolute Gasteiger partial charge is 0.324 e. The van der Waals surface area contributed by atoms with Crippen molar-refractivity contribution in [1.29, 1.82) is 0 Å². The number of methoxy groups -OCH3 is 1. The van der Waals surface area contributed by atoms with E-state index in [0.717, 1.165) is 143 Å². The van der Waals surface area contributed by atoms with Crippen LogP contribution in [0.15, 0.2) is 30.5 Å². The molecule has 73 heavy (non-hydrogen) atoms. The number of carbonyl (C=O) groups is 3. The van der Waals surface area contributed by atoms with Gasteiger partial charge in [-0.1, -0.05) is 26.7 Å². The largest absolute Gasteiger partial charge is 0.464 e. The molecule has 0 spiro atoms. The number of fused-ring (bicyclic) bond motifs is 8. The minimum atomic E-state index is -0.852. The van der Waals surface area contributed by atoms with Crippen LogP contribution in [0.5, 0.6) is 0 Å². The fraction of sp³-hybridized carbons (Fsp3) is 0.714. The second-order valence-corrected chi connectivity index (χ2v) is 23.4. The third-order valence-corrected chi connectivity index (χ3v) is 18.0. The van der Waals surface area contributed by atoms with Crippen molar-refractivity contribution in [2.45, 2.75) is 141 Å². The van der Waals surface area contributed by atoms with Gasteiger partial charge in [-0.05, 0) is 107 Å². The molecule has 6 bridgehead atoms. The van der Waals surface area contributed by atoms with E-state index in [4.69, 9.17) is 23.9 Å². The number of nitrogens with zero attached hydrogens (tertiary/aromatic N) is 7. The number of piperazine rings is 1. The van der Waals surface area contributed by atoms with Crippen LogP contribution in [0.1, 0.15) is 103 Å². The Balaban J connectivity index is 0.956. The molecule has 7 aliphatic heterocycles. The highest BCUT2D eigenvalue weighted by Gasteiger charge is 2.44. The molecule has 1 aromatic carbocycles. The first-order valence-corrected chi connectivity index (χ1v) is 28.1. The quantitative estimate of drug-likeness (QED) is 0.249. The Morgan fingerprint density at radius 2 is 1.79 bits per heavy atom. The molecule has 7 fully saturated rings. The second-order valence-electron chi connectivity index (χ2n) is 23.4. The van der Waals surface area contributed by atoms with Crippen molar-refractivity contribution in [3.63, 3.8) is 0 Å². The van der Waals surface area contributed by atoms with Gasteiger partial charge in [0.05, 0.1) is 74.0 Å². The third kappa shape index (κ3) is 10.5. The summed E-state index contributed by atoms with van der Waals surface area (Å²) in [5.74, 6) is 0.126. The summed E-state index contributed by atoms with van der Waals surface area (Å²) >= 11 is 0. The number of hydrogen-bond acceptors (Lipinski definition) is 14. The van der Waals surface area contributed by atoms with Gasteiger partial charge in [0.15, 0.2) is 0 Å². The molecule has 2 aromatic heterocycles. The average molecular weight is 1010 g/mol. The molecule has 0 radical (unpaired) electrons. The number of anilines is 2. The van der Waals surface area contributed by atoms with Gasteiger partial charge in [0.25, 0.3) is 5.91 Å². The summed E-state index contributed by atoms with van der Waals surface area (Å²) in [5.41, 5.74) is 10.3. The highest BCUT2D eigenvalue weighted by molar-refractivity contribution is 5.95. The van der Waals surface area contributed by atoms with Gasteiger partial charge in [0.2, 0.25) is 5.91 Å². The highest BCUT2D eigenvalue weighted by Crippen LogP contribution is 2.44. The van der Waals surface area contributed by atoms with Crippen LogP contribution in [-0.2, 0) is 46.3 Å². The minimum absolute atomic E-state index is 0.0564. The maximum absolute atomic E-state index is 15.0. The van der Waals surface area contributed by atoms with Crippen LogP contribution >= 0.6 is 0 Å². The van der Waals surface area contributed by atoms with Gasteiger partial charge in [-0.25, -0.2) is 5.43 Å². The van der Waals surface area contributed by atoms with Crippen molar-refractivity contribution in [3.05, 3.63) is 41.7 Å². The molecule has 17 heteroatoms. The molecule has 17 nitrogen and oxygen atoms in total. The van der Waals surface area contributed by atoms with E-state index in [9.17, 15) is 9.59 Å². The van der Waals surface area contributed by atoms with E-state index in [2.05, 4.69) is 92.2 Å². The fourth-order valence-corrected chi connectivity index (χ4v) is 14.0. The van der Waals surface area contributed by atoms with Gasteiger partial charge >= 0.3 is 5.97 Å². The number of esters is 1. The van der Waals surface area contributed by atoms with Crippen LogP contribution in [0.2, 0.25) is 0 Å². The first-order valence-electron chi connectivity index (χ1n) is 28.1. The number of morpholine rings is 2. The Bertz CT molecular complexity index is 2480. The lowest BCUT2D eigenvalue weighted by atomic mass is 9.84. The Morgan fingerprint density at radius 3 is 2.63 bits per heavy atom. The number of nitrogens with one attached hydrogen (secondary N) is 3. The maximum Gasteiger partial charge on any atom is 0.324 e. The van der Waals surface area contributed by atoms with Gasteiger partial charge < -0.3 is 43.9 Å². The van der Waals surface area contributed by atoms with E-state index < -0.39 is 17.5 Å². The number of rotatable bonds is 9. The second kappa shape index (κ2) is 21.7. The predicted octanol–water partition coefficient (Wildman–Crippen LogP) is 4.90. The number of amides is 2. The zero-order chi connectivity index (χ0) is 50.4. The van der Waals surface area contributed by atoms with Crippen LogP contribution in [0.4, 0.5) is 11.4 Å².